The largest absolute Gasteiger partial charge is 0.462 e. The van der Waals surface area contributed by atoms with E-state index < -0.39 is 29.5 Å². The van der Waals surface area contributed by atoms with Gasteiger partial charge in [-0.2, -0.15) is 0 Å². The molecular formula is C22H25NO4. The van der Waals surface area contributed by atoms with Gasteiger partial charge in [-0.25, -0.2) is 9.59 Å². The highest BCUT2D eigenvalue weighted by Gasteiger charge is 2.47. The van der Waals surface area contributed by atoms with Crippen molar-refractivity contribution in [2.45, 2.75) is 39.0 Å². The average Bonchev–Trinajstić information content (AvgIpc) is 2.94. The van der Waals surface area contributed by atoms with E-state index in [1.165, 1.54) is 0 Å². The number of hydrogen-bond acceptors (Lipinski definition) is 5. The summed E-state index contributed by atoms with van der Waals surface area (Å²) < 4.78 is 10.7. The van der Waals surface area contributed by atoms with Gasteiger partial charge in [0.2, 0.25) is 6.10 Å². The van der Waals surface area contributed by atoms with Gasteiger partial charge in [-0.05, 0) is 18.1 Å². The van der Waals surface area contributed by atoms with Crippen molar-refractivity contribution >= 4 is 11.9 Å². The van der Waals surface area contributed by atoms with Gasteiger partial charge in [-0.3, -0.25) is 5.32 Å². The molecule has 1 aliphatic rings. The second-order valence-corrected chi connectivity index (χ2v) is 7.56. The average molecular weight is 367 g/mol. The smallest absolute Gasteiger partial charge is 0.348 e. The molecule has 1 saturated heterocycles. The molecule has 0 bridgehead atoms. The predicted molar refractivity (Wildman–Crippen MR) is 102 cm³/mol. The highest BCUT2D eigenvalue weighted by molar-refractivity contribution is 5.84. The van der Waals surface area contributed by atoms with Crippen molar-refractivity contribution in [3.63, 3.8) is 0 Å². The number of rotatable bonds is 6. The number of ether oxygens (including phenoxy) is 2. The first-order valence-electron chi connectivity index (χ1n) is 9.11. The molecule has 0 aromatic heterocycles. The molecule has 0 unspecified atom stereocenters. The van der Waals surface area contributed by atoms with Crippen LogP contribution < -0.4 is 5.32 Å². The highest BCUT2D eigenvalue weighted by atomic mass is 16.6. The lowest BCUT2D eigenvalue weighted by Gasteiger charge is -2.27. The van der Waals surface area contributed by atoms with Gasteiger partial charge in [0, 0.05) is 11.5 Å². The van der Waals surface area contributed by atoms with Crippen LogP contribution in [0, 0.1) is 5.41 Å². The standard InChI is InChI=1S/C22H25NO4/c1-15(16-10-6-4-7-11-16)23-18(17-12-8-5-9-13-17)20(24)27-19-21(25)26-14-22(19,2)3/h4-13,15,18-19,23H,14H2,1-3H3/t15-,18-,19-/m0/s1. The van der Waals surface area contributed by atoms with E-state index >= 15 is 0 Å². The van der Waals surface area contributed by atoms with Crippen LogP contribution in [0.25, 0.3) is 0 Å². The summed E-state index contributed by atoms with van der Waals surface area (Å²) in [4.78, 5) is 25.0. The van der Waals surface area contributed by atoms with Crippen molar-refractivity contribution in [2.75, 3.05) is 6.61 Å². The second-order valence-electron chi connectivity index (χ2n) is 7.56. The molecule has 2 aromatic rings. The highest BCUT2D eigenvalue weighted by Crippen LogP contribution is 2.32. The van der Waals surface area contributed by atoms with Gasteiger partial charge in [0.25, 0.3) is 0 Å². The van der Waals surface area contributed by atoms with Crippen LogP contribution in [0.5, 0.6) is 0 Å². The van der Waals surface area contributed by atoms with Gasteiger partial charge < -0.3 is 9.47 Å². The number of carbonyl (C=O) groups excluding carboxylic acids is 2. The third kappa shape index (κ3) is 4.37. The fourth-order valence-electron chi connectivity index (χ4n) is 3.15. The molecule has 142 valence electrons. The Hall–Kier alpha value is -2.66. The Morgan fingerprint density at radius 2 is 1.63 bits per heavy atom. The zero-order valence-corrected chi connectivity index (χ0v) is 15.8. The van der Waals surface area contributed by atoms with Crippen LogP contribution in [0.3, 0.4) is 0 Å². The van der Waals surface area contributed by atoms with Gasteiger partial charge >= 0.3 is 11.9 Å². The first-order valence-corrected chi connectivity index (χ1v) is 9.11. The Labute approximate surface area is 159 Å². The minimum Gasteiger partial charge on any atom is -0.462 e. The summed E-state index contributed by atoms with van der Waals surface area (Å²) in [5.74, 6) is -0.975. The maximum Gasteiger partial charge on any atom is 0.348 e. The Morgan fingerprint density at radius 3 is 2.15 bits per heavy atom. The zero-order valence-electron chi connectivity index (χ0n) is 15.8. The molecule has 0 saturated carbocycles. The Balaban J connectivity index is 1.82. The predicted octanol–water partition coefficient (Wildman–Crippen LogP) is 3.57. The molecule has 1 N–H and O–H groups in total. The molecule has 3 atom stereocenters. The van der Waals surface area contributed by atoms with E-state index in [1.807, 2.05) is 81.4 Å². The molecule has 0 aliphatic carbocycles. The summed E-state index contributed by atoms with van der Waals surface area (Å²) in [5, 5.41) is 3.34. The molecule has 1 heterocycles. The fourth-order valence-corrected chi connectivity index (χ4v) is 3.15. The summed E-state index contributed by atoms with van der Waals surface area (Å²) in [7, 11) is 0. The van der Waals surface area contributed by atoms with E-state index in [2.05, 4.69) is 5.32 Å². The SMILES string of the molecule is C[C@H](N[C@H](C(=O)O[C@H]1C(=O)OCC1(C)C)c1ccccc1)c1ccccc1. The van der Waals surface area contributed by atoms with E-state index in [4.69, 9.17) is 9.47 Å². The summed E-state index contributed by atoms with van der Waals surface area (Å²) in [6.07, 6.45) is -0.898. The number of benzene rings is 2. The molecule has 27 heavy (non-hydrogen) atoms. The second kappa shape index (κ2) is 7.92. The van der Waals surface area contributed by atoms with Crippen LogP contribution in [0.1, 0.15) is 44.0 Å². The summed E-state index contributed by atoms with van der Waals surface area (Å²) in [6.45, 7) is 5.95. The number of carbonyl (C=O) groups is 2. The van der Waals surface area contributed by atoms with Crippen LogP contribution in [-0.2, 0) is 19.1 Å². The molecule has 3 rings (SSSR count). The minimum atomic E-state index is -0.898. The van der Waals surface area contributed by atoms with Crippen molar-refractivity contribution in [2.24, 2.45) is 5.41 Å². The summed E-state index contributed by atoms with van der Waals surface area (Å²) >= 11 is 0. The number of esters is 2. The van der Waals surface area contributed by atoms with Crippen LogP contribution in [0.4, 0.5) is 0 Å². The van der Waals surface area contributed by atoms with Crippen LogP contribution in [0.2, 0.25) is 0 Å². The lowest BCUT2D eigenvalue weighted by molar-refractivity contribution is -0.165. The quantitative estimate of drug-likeness (QED) is 0.791. The zero-order chi connectivity index (χ0) is 19.4. The van der Waals surface area contributed by atoms with Crippen molar-refractivity contribution in [1.29, 1.82) is 0 Å². The Morgan fingerprint density at radius 1 is 1.07 bits per heavy atom. The third-order valence-electron chi connectivity index (χ3n) is 4.83. The van der Waals surface area contributed by atoms with Crippen LogP contribution >= 0.6 is 0 Å². The van der Waals surface area contributed by atoms with E-state index in [9.17, 15) is 9.59 Å². The first kappa shape index (κ1) is 19.1. The van der Waals surface area contributed by atoms with Gasteiger partial charge in [-0.1, -0.05) is 74.5 Å². The third-order valence-corrected chi connectivity index (χ3v) is 4.83. The van der Waals surface area contributed by atoms with Crippen LogP contribution in [-0.4, -0.2) is 24.6 Å². The van der Waals surface area contributed by atoms with Gasteiger partial charge in [0.1, 0.15) is 12.6 Å². The van der Waals surface area contributed by atoms with Crippen molar-refractivity contribution in [3.8, 4) is 0 Å². The summed E-state index contributed by atoms with van der Waals surface area (Å²) in [6, 6.07) is 18.5. The Bertz CT molecular complexity index is 788. The number of hydrogen-bond donors (Lipinski definition) is 1. The fraction of sp³-hybridized carbons (Fsp3) is 0.364. The van der Waals surface area contributed by atoms with Crippen LogP contribution in [0.15, 0.2) is 60.7 Å². The molecule has 0 radical (unpaired) electrons. The van der Waals surface area contributed by atoms with Crippen molar-refractivity contribution in [1.82, 2.24) is 5.32 Å². The lowest BCUT2D eigenvalue weighted by Crippen LogP contribution is -2.40. The Kier molecular flexibility index (Phi) is 5.61. The van der Waals surface area contributed by atoms with E-state index in [0.717, 1.165) is 11.1 Å². The van der Waals surface area contributed by atoms with E-state index in [0.29, 0.717) is 0 Å². The molecule has 5 heteroatoms. The number of nitrogens with one attached hydrogen (secondary N) is 1. The van der Waals surface area contributed by atoms with E-state index in [1.54, 1.807) is 0 Å². The van der Waals surface area contributed by atoms with Gasteiger partial charge in [0.05, 0.1) is 0 Å². The molecule has 1 fully saturated rings. The maximum absolute atomic E-state index is 13.0. The lowest BCUT2D eigenvalue weighted by atomic mass is 9.89. The van der Waals surface area contributed by atoms with Crippen molar-refractivity contribution in [3.05, 3.63) is 71.8 Å². The molecular weight excluding hydrogens is 342 g/mol. The maximum atomic E-state index is 13.0. The normalized spacial score (nSPS) is 20.6. The molecule has 5 nitrogen and oxygen atoms in total. The van der Waals surface area contributed by atoms with Crippen molar-refractivity contribution < 1.29 is 19.1 Å². The monoisotopic (exact) mass is 367 g/mol. The molecule has 2 aromatic carbocycles. The molecule has 0 amide bonds. The minimum absolute atomic E-state index is 0.0764. The summed E-state index contributed by atoms with van der Waals surface area (Å²) in [5.41, 5.74) is 1.31. The van der Waals surface area contributed by atoms with Gasteiger partial charge in [0.15, 0.2) is 0 Å². The van der Waals surface area contributed by atoms with E-state index in [-0.39, 0.29) is 12.6 Å². The molecule has 0 spiro atoms. The van der Waals surface area contributed by atoms with Gasteiger partial charge in [-0.15, -0.1) is 0 Å². The molecule has 1 aliphatic heterocycles. The first-order chi connectivity index (χ1) is 12.9. The number of cyclic esters (lactones) is 1. The topological polar surface area (TPSA) is 64.6 Å².